The van der Waals surface area contributed by atoms with Crippen LogP contribution >= 0.6 is 0 Å². The van der Waals surface area contributed by atoms with E-state index in [1.807, 2.05) is 25.1 Å². The molecule has 1 N–H and O–H groups in total. The Morgan fingerprint density at radius 3 is 2.75 bits per heavy atom. The van der Waals surface area contributed by atoms with E-state index in [2.05, 4.69) is 39.8 Å². The van der Waals surface area contributed by atoms with Gasteiger partial charge in [-0.2, -0.15) is 0 Å². The van der Waals surface area contributed by atoms with Gasteiger partial charge in [0.2, 0.25) is 5.95 Å². The van der Waals surface area contributed by atoms with Crippen LogP contribution in [0.5, 0.6) is 5.75 Å². The molecule has 0 fully saturated rings. The van der Waals surface area contributed by atoms with Crippen LogP contribution in [0, 0.1) is 6.92 Å². The summed E-state index contributed by atoms with van der Waals surface area (Å²) in [6.07, 6.45) is 4.86. The first kappa shape index (κ1) is 14.2. The van der Waals surface area contributed by atoms with Gasteiger partial charge in [0.1, 0.15) is 5.75 Å². The number of ether oxygens (including phenoxy) is 1. The largest absolute Gasteiger partial charge is 0.497 e. The van der Waals surface area contributed by atoms with Gasteiger partial charge in [0.15, 0.2) is 0 Å². The highest BCUT2D eigenvalue weighted by molar-refractivity contribution is 5.30. The second-order valence-electron chi connectivity index (χ2n) is 4.67. The van der Waals surface area contributed by atoms with Crippen LogP contribution in [0.3, 0.4) is 0 Å². The van der Waals surface area contributed by atoms with Gasteiger partial charge < -0.3 is 14.6 Å². The molecule has 1 aromatic carbocycles. The summed E-state index contributed by atoms with van der Waals surface area (Å²) >= 11 is 0. The Bertz CT molecular complexity index is 558. The number of methoxy groups -OCH3 is 1. The second-order valence-corrected chi connectivity index (χ2v) is 4.67. The number of aryl methyl sites for hydroxylation is 3. The van der Waals surface area contributed by atoms with E-state index in [1.54, 1.807) is 7.11 Å². The zero-order valence-corrected chi connectivity index (χ0v) is 12.1. The molecular weight excluding hydrogens is 250 g/mol. The summed E-state index contributed by atoms with van der Waals surface area (Å²) in [6.45, 7) is 7.33. The molecule has 0 bridgehead atoms. The third-order valence-corrected chi connectivity index (χ3v) is 3.10. The molecule has 106 valence electrons. The molecule has 2 aromatic rings. The molecule has 0 spiro atoms. The summed E-state index contributed by atoms with van der Waals surface area (Å²) in [5.41, 5.74) is 2.30. The lowest BCUT2D eigenvalue weighted by Gasteiger charge is -2.09. The standard InChI is InChI=1S/C16H21N3O/c1-4-10-17-16-18-13(2)12-19(16)11-9-14-5-7-15(20-3)8-6-14/h4-8,12H,1,9-11H2,2-3H3,(H,17,18). The minimum absolute atomic E-state index is 0.721. The molecule has 0 aliphatic rings. The van der Waals surface area contributed by atoms with E-state index < -0.39 is 0 Å². The summed E-state index contributed by atoms with van der Waals surface area (Å²) in [7, 11) is 1.68. The first-order valence-electron chi connectivity index (χ1n) is 6.74. The normalized spacial score (nSPS) is 10.3. The summed E-state index contributed by atoms with van der Waals surface area (Å²) < 4.78 is 7.31. The zero-order valence-electron chi connectivity index (χ0n) is 12.1. The van der Waals surface area contributed by atoms with E-state index in [4.69, 9.17) is 4.74 Å². The van der Waals surface area contributed by atoms with Crippen LogP contribution in [0.2, 0.25) is 0 Å². The van der Waals surface area contributed by atoms with Crippen molar-refractivity contribution in [2.75, 3.05) is 19.0 Å². The van der Waals surface area contributed by atoms with E-state index in [-0.39, 0.29) is 0 Å². The van der Waals surface area contributed by atoms with Crippen molar-refractivity contribution in [3.63, 3.8) is 0 Å². The van der Waals surface area contributed by atoms with E-state index in [9.17, 15) is 0 Å². The van der Waals surface area contributed by atoms with Crippen molar-refractivity contribution >= 4 is 5.95 Å². The number of imidazole rings is 1. The lowest BCUT2D eigenvalue weighted by atomic mass is 10.1. The van der Waals surface area contributed by atoms with Gasteiger partial charge in [0, 0.05) is 19.3 Å². The van der Waals surface area contributed by atoms with Gasteiger partial charge in [-0.3, -0.25) is 0 Å². The Hall–Kier alpha value is -2.23. The molecule has 1 aromatic heterocycles. The van der Waals surface area contributed by atoms with Gasteiger partial charge in [0.25, 0.3) is 0 Å². The van der Waals surface area contributed by atoms with Crippen molar-refractivity contribution in [2.24, 2.45) is 0 Å². The molecule has 0 unspecified atom stereocenters. The average molecular weight is 271 g/mol. The number of aromatic nitrogens is 2. The van der Waals surface area contributed by atoms with Crippen LogP contribution in [-0.2, 0) is 13.0 Å². The number of anilines is 1. The summed E-state index contributed by atoms with van der Waals surface area (Å²) in [5.74, 6) is 1.79. The number of rotatable bonds is 7. The maximum absolute atomic E-state index is 5.16. The van der Waals surface area contributed by atoms with E-state index in [1.165, 1.54) is 5.56 Å². The molecule has 0 atom stereocenters. The fourth-order valence-corrected chi connectivity index (χ4v) is 2.06. The van der Waals surface area contributed by atoms with Crippen molar-refractivity contribution in [3.05, 3.63) is 54.4 Å². The number of benzene rings is 1. The maximum atomic E-state index is 5.16. The van der Waals surface area contributed by atoms with Gasteiger partial charge in [-0.25, -0.2) is 4.98 Å². The Morgan fingerprint density at radius 2 is 2.10 bits per heavy atom. The van der Waals surface area contributed by atoms with Crippen molar-refractivity contribution in [1.29, 1.82) is 0 Å². The first-order chi connectivity index (χ1) is 9.72. The highest BCUT2D eigenvalue weighted by Crippen LogP contribution is 2.14. The molecule has 4 nitrogen and oxygen atoms in total. The fourth-order valence-electron chi connectivity index (χ4n) is 2.06. The van der Waals surface area contributed by atoms with Crippen molar-refractivity contribution < 1.29 is 4.74 Å². The molecule has 0 radical (unpaired) electrons. The molecule has 0 aliphatic carbocycles. The maximum Gasteiger partial charge on any atom is 0.203 e. The van der Waals surface area contributed by atoms with Crippen LogP contribution in [0.15, 0.2) is 43.1 Å². The molecule has 2 rings (SSSR count). The van der Waals surface area contributed by atoms with Crippen LogP contribution in [0.1, 0.15) is 11.3 Å². The van der Waals surface area contributed by atoms with Crippen molar-refractivity contribution in [2.45, 2.75) is 19.9 Å². The Labute approximate surface area is 120 Å². The van der Waals surface area contributed by atoms with Crippen LogP contribution < -0.4 is 10.1 Å². The van der Waals surface area contributed by atoms with Crippen molar-refractivity contribution in [1.82, 2.24) is 9.55 Å². The summed E-state index contributed by atoms with van der Waals surface area (Å²) in [5, 5.41) is 3.25. The van der Waals surface area contributed by atoms with E-state index in [0.29, 0.717) is 0 Å². The molecule has 1 heterocycles. The first-order valence-corrected chi connectivity index (χ1v) is 6.74. The van der Waals surface area contributed by atoms with Crippen LogP contribution in [-0.4, -0.2) is 23.2 Å². The van der Waals surface area contributed by atoms with Crippen LogP contribution in [0.4, 0.5) is 5.95 Å². The van der Waals surface area contributed by atoms with E-state index in [0.717, 1.165) is 36.9 Å². The van der Waals surface area contributed by atoms with E-state index >= 15 is 0 Å². The molecule has 0 amide bonds. The molecule has 0 aliphatic heterocycles. The predicted molar refractivity (Wildman–Crippen MR) is 82.3 cm³/mol. The molecule has 20 heavy (non-hydrogen) atoms. The number of nitrogens with zero attached hydrogens (tertiary/aromatic N) is 2. The summed E-state index contributed by atoms with van der Waals surface area (Å²) in [6, 6.07) is 8.18. The highest BCUT2D eigenvalue weighted by Gasteiger charge is 2.04. The topological polar surface area (TPSA) is 39.1 Å². The predicted octanol–water partition coefficient (Wildman–Crippen LogP) is 3.04. The molecular formula is C16H21N3O. The molecule has 0 saturated carbocycles. The van der Waals surface area contributed by atoms with Gasteiger partial charge in [-0.15, -0.1) is 6.58 Å². The van der Waals surface area contributed by atoms with Gasteiger partial charge >= 0.3 is 0 Å². The average Bonchev–Trinajstić information content (AvgIpc) is 2.83. The quantitative estimate of drug-likeness (QED) is 0.787. The molecule has 4 heteroatoms. The third kappa shape index (κ3) is 3.63. The number of nitrogens with one attached hydrogen (secondary N) is 1. The minimum atomic E-state index is 0.721. The van der Waals surface area contributed by atoms with Gasteiger partial charge in [0.05, 0.1) is 12.8 Å². The Balaban J connectivity index is 2.00. The third-order valence-electron chi connectivity index (χ3n) is 3.10. The lowest BCUT2D eigenvalue weighted by Crippen LogP contribution is -2.08. The minimum Gasteiger partial charge on any atom is -0.497 e. The molecule has 0 saturated heterocycles. The lowest BCUT2D eigenvalue weighted by molar-refractivity contribution is 0.414. The Kier molecular flexibility index (Phi) is 4.82. The van der Waals surface area contributed by atoms with Gasteiger partial charge in [-0.05, 0) is 31.0 Å². The Morgan fingerprint density at radius 1 is 1.35 bits per heavy atom. The monoisotopic (exact) mass is 271 g/mol. The van der Waals surface area contributed by atoms with Crippen LogP contribution in [0.25, 0.3) is 0 Å². The highest BCUT2D eigenvalue weighted by atomic mass is 16.5. The zero-order chi connectivity index (χ0) is 14.4. The SMILES string of the molecule is C=CCNc1nc(C)cn1CCc1ccc(OC)cc1. The van der Waals surface area contributed by atoms with Crippen molar-refractivity contribution in [3.8, 4) is 5.75 Å². The number of hydrogen-bond donors (Lipinski definition) is 1. The second kappa shape index (κ2) is 6.80. The van der Waals surface area contributed by atoms with Gasteiger partial charge in [-0.1, -0.05) is 18.2 Å². The number of hydrogen-bond acceptors (Lipinski definition) is 3. The fraction of sp³-hybridized carbons (Fsp3) is 0.312. The summed E-state index contributed by atoms with van der Waals surface area (Å²) in [4.78, 5) is 4.47. The smallest absolute Gasteiger partial charge is 0.203 e.